The monoisotopic (exact) mass is 232 g/mol. The van der Waals surface area contributed by atoms with Gasteiger partial charge in [-0.25, -0.2) is 0 Å². The highest BCUT2D eigenvalue weighted by molar-refractivity contribution is 5.87. The zero-order chi connectivity index (χ0) is 12.5. The summed E-state index contributed by atoms with van der Waals surface area (Å²) in [6, 6.07) is 8.22. The largest absolute Gasteiger partial charge is 0.348 e. The van der Waals surface area contributed by atoms with Crippen LogP contribution in [-0.4, -0.2) is 11.4 Å². The molecule has 0 spiro atoms. The van der Waals surface area contributed by atoms with Gasteiger partial charge in [-0.05, 0) is 38.7 Å². The number of aryl methyl sites for hydroxylation is 1. The Balaban J connectivity index is 1.99. The first-order chi connectivity index (χ1) is 8.01. The van der Waals surface area contributed by atoms with Crippen molar-refractivity contribution in [3.63, 3.8) is 0 Å². The van der Waals surface area contributed by atoms with Gasteiger partial charge < -0.3 is 11.1 Å². The van der Waals surface area contributed by atoms with Crippen molar-refractivity contribution >= 4 is 5.91 Å². The van der Waals surface area contributed by atoms with Gasteiger partial charge in [-0.2, -0.15) is 0 Å². The van der Waals surface area contributed by atoms with E-state index in [1.54, 1.807) is 0 Å². The molecule has 0 unspecified atom stereocenters. The zero-order valence-corrected chi connectivity index (χ0v) is 10.5. The molecule has 1 aromatic rings. The summed E-state index contributed by atoms with van der Waals surface area (Å²) in [5, 5.41) is 2.99. The summed E-state index contributed by atoms with van der Waals surface area (Å²) in [4.78, 5) is 12.0. The maximum absolute atomic E-state index is 12.0. The van der Waals surface area contributed by atoms with Gasteiger partial charge >= 0.3 is 0 Å². The highest BCUT2D eigenvalue weighted by atomic mass is 16.2. The van der Waals surface area contributed by atoms with Gasteiger partial charge in [-0.1, -0.05) is 29.8 Å². The molecule has 0 radical (unpaired) electrons. The van der Waals surface area contributed by atoms with Gasteiger partial charge in [-0.15, -0.1) is 0 Å². The molecule has 0 saturated heterocycles. The number of nitrogens with two attached hydrogens (primary N) is 1. The second-order valence-corrected chi connectivity index (χ2v) is 5.12. The van der Waals surface area contributed by atoms with Gasteiger partial charge in [0.05, 0.1) is 11.6 Å². The predicted octanol–water partition coefficient (Wildman–Crippen LogP) is 2.05. The van der Waals surface area contributed by atoms with Crippen molar-refractivity contribution in [1.29, 1.82) is 0 Å². The Hall–Kier alpha value is -1.35. The molecular formula is C14H20N2O. The fourth-order valence-corrected chi connectivity index (χ4v) is 2.06. The van der Waals surface area contributed by atoms with Crippen LogP contribution in [0.5, 0.6) is 0 Å². The van der Waals surface area contributed by atoms with Crippen LogP contribution < -0.4 is 11.1 Å². The van der Waals surface area contributed by atoms with Crippen molar-refractivity contribution in [3.05, 3.63) is 35.4 Å². The van der Waals surface area contributed by atoms with E-state index in [2.05, 4.69) is 24.4 Å². The van der Waals surface area contributed by atoms with Crippen molar-refractivity contribution in [2.75, 3.05) is 0 Å². The molecule has 0 heterocycles. The molecule has 1 amide bonds. The van der Waals surface area contributed by atoms with Gasteiger partial charge in [0.1, 0.15) is 0 Å². The normalized spacial score (nSPS) is 19.2. The lowest BCUT2D eigenvalue weighted by Gasteiger charge is -2.37. The van der Waals surface area contributed by atoms with Crippen molar-refractivity contribution in [3.8, 4) is 0 Å². The van der Waals surface area contributed by atoms with Gasteiger partial charge in [0, 0.05) is 0 Å². The molecule has 0 aliphatic heterocycles. The molecule has 92 valence electrons. The first-order valence-electron chi connectivity index (χ1n) is 6.18. The molecule has 0 aromatic heterocycles. The second-order valence-electron chi connectivity index (χ2n) is 5.12. The average Bonchev–Trinajstić information content (AvgIpc) is 2.26. The second kappa shape index (κ2) is 4.49. The number of nitrogens with one attached hydrogen (secondary N) is 1. The van der Waals surface area contributed by atoms with Crippen LogP contribution in [0.15, 0.2) is 24.3 Å². The summed E-state index contributed by atoms with van der Waals surface area (Å²) in [5.74, 6) is -0.0168. The van der Waals surface area contributed by atoms with Crippen molar-refractivity contribution < 1.29 is 4.79 Å². The van der Waals surface area contributed by atoms with Gasteiger partial charge in [0.2, 0.25) is 5.91 Å². The summed E-state index contributed by atoms with van der Waals surface area (Å²) < 4.78 is 0. The van der Waals surface area contributed by atoms with Crippen molar-refractivity contribution in [2.45, 2.75) is 44.7 Å². The average molecular weight is 232 g/mol. The molecule has 17 heavy (non-hydrogen) atoms. The fourth-order valence-electron chi connectivity index (χ4n) is 2.06. The molecule has 1 aliphatic carbocycles. The van der Waals surface area contributed by atoms with E-state index in [9.17, 15) is 4.79 Å². The number of amides is 1. The Kier molecular flexibility index (Phi) is 3.20. The Morgan fingerprint density at radius 3 is 2.41 bits per heavy atom. The summed E-state index contributed by atoms with van der Waals surface area (Å²) >= 11 is 0. The maximum atomic E-state index is 12.0. The Morgan fingerprint density at radius 2 is 1.94 bits per heavy atom. The number of hydrogen-bond donors (Lipinski definition) is 2. The molecule has 3 nitrogen and oxygen atoms in total. The smallest absolute Gasteiger partial charge is 0.240 e. The van der Waals surface area contributed by atoms with E-state index in [-0.39, 0.29) is 11.9 Å². The van der Waals surface area contributed by atoms with Crippen LogP contribution in [0.25, 0.3) is 0 Å². The summed E-state index contributed by atoms with van der Waals surface area (Å²) in [7, 11) is 0. The molecule has 3 N–H and O–H groups in total. The third-order valence-electron chi connectivity index (χ3n) is 3.62. The molecule has 1 atom stereocenters. The molecule has 0 bridgehead atoms. The number of hydrogen-bond acceptors (Lipinski definition) is 2. The van der Waals surface area contributed by atoms with E-state index in [4.69, 9.17) is 5.73 Å². The highest BCUT2D eigenvalue weighted by Gasteiger charge is 2.40. The van der Waals surface area contributed by atoms with E-state index in [0.717, 1.165) is 24.8 Å². The van der Waals surface area contributed by atoms with Crippen LogP contribution in [0.2, 0.25) is 0 Å². The van der Waals surface area contributed by atoms with Crippen LogP contribution in [-0.2, 0) is 4.79 Å². The van der Waals surface area contributed by atoms with E-state index in [1.807, 2.05) is 19.1 Å². The fraction of sp³-hybridized carbons (Fsp3) is 0.500. The molecule has 1 aliphatic rings. The summed E-state index contributed by atoms with van der Waals surface area (Å²) in [5.41, 5.74) is 7.71. The lowest BCUT2D eigenvalue weighted by Crippen LogP contribution is -2.58. The maximum Gasteiger partial charge on any atom is 0.240 e. The lowest BCUT2D eigenvalue weighted by atomic mass is 9.77. The molecule has 1 fully saturated rings. The number of carbonyl (C=O) groups is 1. The Morgan fingerprint density at radius 1 is 1.35 bits per heavy atom. The topological polar surface area (TPSA) is 55.1 Å². The van der Waals surface area contributed by atoms with Crippen molar-refractivity contribution in [2.24, 2.45) is 5.73 Å². The Labute approximate surface area is 102 Å². The number of carbonyl (C=O) groups excluding carboxylic acids is 1. The lowest BCUT2D eigenvalue weighted by molar-refractivity contribution is -0.129. The molecule has 1 aromatic carbocycles. The third kappa shape index (κ3) is 2.50. The van der Waals surface area contributed by atoms with Crippen LogP contribution in [0, 0.1) is 6.92 Å². The van der Waals surface area contributed by atoms with Gasteiger partial charge in [0.25, 0.3) is 0 Å². The van der Waals surface area contributed by atoms with E-state index < -0.39 is 5.54 Å². The predicted molar refractivity (Wildman–Crippen MR) is 68.5 cm³/mol. The standard InChI is InChI=1S/C14H20N2O/c1-10-4-6-12(7-5-10)11(2)16-13(17)14(15)8-3-9-14/h4-7,11H,3,8-9,15H2,1-2H3,(H,16,17)/t11-/m1/s1. The number of rotatable bonds is 3. The van der Waals surface area contributed by atoms with Gasteiger partial charge in [0.15, 0.2) is 0 Å². The van der Waals surface area contributed by atoms with Crippen LogP contribution in [0.4, 0.5) is 0 Å². The zero-order valence-electron chi connectivity index (χ0n) is 10.5. The summed E-state index contributed by atoms with van der Waals surface area (Å²) in [6.45, 7) is 4.04. The van der Waals surface area contributed by atoms with E-state index >= 15 is 0 Å². The minimum atomic E-state index is -0.612. The molecular weight excluding hydrogens is 212 g/mol. The molecule has 3 heteroatoms. The Bertz CT molecular complexity index is 407. The molecule has 2 rings (SSSR count). The SMILES string of the molecule is Cc1ccc([C@@H](C)NC(=O)C2(N)CCC2)cc1. The minimum Gasteiger partial charge on any atom is -0.348 e. The first-order valence-corrected chi connectivity index (χ1v) is 6.18. The van der Waals surface area contributed by atoms with Crippen LogP contribution >= 0.6 is 0 Å². The van der Waals surface area contributed by atoms with E-state index in [1.165, 1.54) is 5.56 Å². The first kappa shape index (κ1) is 12.1. The van der Waals surface area contributed by atoms with Crippen LogP contribution in [0.3, 0.4) is 0 Å². The molecule has 1 saturated carbocycles. The number of benzene rings is 1. The van der Waals surface area contributed by atoms with Crippen LogP contribution in [0.1, 0.15) is 43.4 Å². The minimum absolute atomic E-state index is 0.0168. The quantitative estimate of drug-likeness (QED) is 0.838. The van der Waals surface area contributed by atoms with Crippen molar-refractivity contribution in [1.82, 2.24) is 5.32 Å². The van der Waals surface area contributed by atoms with E-state index in [0.29, 0.717) is 0 Å². The highest BCUT2D eigenvalue weighted by Crippen LogP contribution is 2.29. The summed E-state index contributed by atoms with van der Waals surface area (Å²) in [6.07, 6.45) is 2.67. The third-order valence-corrected chi connectivity index (χ3v) is 3.62. The van der Waals surface area contributed by atoms with Gasteiger partial charge in [-0.3, -0.25) is 4.79 Å².